The Bertz CT molecular complexity index is 1750. The van der Waals surface area contributed by atoms with Gasteiger partial charge in [-0.25, -0.2) is 13.1 Å². The molecule has 7 rings (SSSR count). The number of benzene rings is 2. The van der Waals surface area contributed by atoms with Crippen LogP contribution in [0.1, 0.15) is 80.3 Å². The first-order valence-corrected chi connectivity index (χ1v) is 21.7. The number of likely N-dealkylation sites (N-methyl/N-ethyl adjacent to an activating group) is 1. The van der Waals surface area contributed by atoms with Gasteiger partial charge in [-0.05, 0) is 125 Å². The number of hydrogen-bond acceptors (Lipinski definition) is 10. The smallest absolute Gasteiger partial charge is 0.264 e. The van der Waals surface area contributed by atoms with Gasteiger partial charge in [0, 0.05) is 54.1 Å². The van der Waals surface area contributed by atoms with Crippen LogP contribution in [0.15, 0.2) is 36.4 Å². The summed E-state index contributed by atoms with van der Waals surface area (Å²) in [5.41, 5.74) is 3.37. The molecule has 54 heavy (non-hydrogen) atoms. The number of fused-ring (bicyclic) bond motifs is 4. The quantitative estimate of drug-likeness (QED) is 0.372. The van der Waals surface area contributed by atoms with Crippen LogP contribution in [-0.2, 0) is 26.7 Å². The summed E-state index contributed by atoms with van der Waals surface area (Å²) in [6.07, 6.45) is 8.43. The summed E-state index contributed by atoms with van der Waals surface area (Å²) in [6.45, 7) is 7.55. The van der Waals surface area contributed by atoms with Crippen molar-refractivity contribution in [1.29, 1.82) is 0 Å². The van der Waals surface area contributed by atoms with Gasteiger partial charge in [0.25, 0.3) is 5.91 Å². The molecule has 3 heterocycles. The highest BCUT2D eigenvalue weighted by Crippen LogP contribution is 2.47. The van der Waals surface area contributed by atoms with Crippen molar-refractivity contribution in [1.82, 2.24) is 14.5 Å². The molecule has 0 radical (unpaired) electrons. The number of carbonyl (C=O) groups excluding carboxylic acids is 2. The topological polar surface area (TPSA) is 140 Å². The Morgan fingerprint density at radius 1 is 1.04 bits per heavy atom. The molecule has 13 heteroatoms. The highest BCUT2D eigenvalue weighted by atomic mass is 35.5. The maximum Gasteiger partial charge on any atom is 0.264 e. The number of aldehydes is 1. The Morgan fingerprint density at radius 3 is 2.46 bits per heavy atom. The molecule has 1 saturated carbocycles. The lowest BCUT2D eigenvalue weighted by atomic mass is 9.65. The fourth-order valence-electron chi connectivity index (χ4n) is 9.21. The second kappa shape index (κ2) is 17.2. The highest BCUT2D eigenvalue weighted by molar-refractivity contribution is 7.90. The van der Waals surface area contributed by atoms with Crippen molar-refractivity contribution in [3.63, 3.8) is 0 Å². The fraction of sp³-hybridized carbons (Fsp3) is 0.659. The number of likely N-dealkylation sites (tertiary alicyclic amines) is 1. The van der Waals surface area contributed by atoms with Crippen LogP contribution in [-0.4, -0.2) is 118 Å². The molecule has 2 aromatic rings. The minimum Gasteiger partial charge on any atom is -0.490 e. The molecule has 3 aliphatic heterocycles. The van der Waals surface area contributed by atoms with Crippen molar-refractivity contribution in [3.8, 4) is 5.75 Å². The summed E-state index contributed by atoms with van der Waals surface area (Å²) in [6, 6.07) is 12.0. The summed E-state index contributed by atoms with van der Waals surface area (Å²) in [7, 11) is 0.212. The van der Waals surface area contributed by atoms with Crippen LogP contribution in [0, 0.1) is 23.7 Å². The first-order chi connectivity index (χ1) is 25.8. The first-order valence-electron chi connectivity index (χ1n) is 19.7. The normalized spacial score (nSPS) is 30.1. The molecule has 2 aromatic carbocycles. The van der Waals surface area contributed by atoms with E-state index in [4.69, 9.17) is 26.6 Å². The maximum absolute atomic E-state index is 13.3. The summed E-state index contributed by atoms with van der Waals surface area (Å²) >= 11 is 6.39. The number of halogens is 1. The van der Waals surface area contributed by atoms with E-state index in [1.165, 1.54) is 11.1 Å². The maximum atomic E-state index is 13.3. The van der Waals surface area contributed by atoms with Gasteiger partial charge in [-0.1, -0.05) is 31.0 Å². The minimum absolute atomic E-state index is 0.0315. The van der Waals surface area contributed by atoms with E-state index >= 15 is 0 Å². The van der Waals surface area contributed by atoms with Crippen LogP contribution >= 0.6 is 11.6 Å². The van der Waals surface area contributed by atoms with E-state index in [9.17, 15) is 18.0 Å². The molecule has 5 aliphatic rings. The van der Waals surface area contributed by atoms with Gasteiger partial charge in [0.2, 0.25) is 10.0 Å². The van der Waals surface area contributed by atoms with Gasteiger partial charge in [-0.15, -0.1) is 0 Å². The van der Waals surface area contributed by atoms with Crippen molar-refractivity contribution < 1.29 is 33.0 Å². The van der Waals surface area contributed by atoms with Gasteiger partial charge in [-0.2, -0.15) is 0 Å². The zero-order chi connectivity index (χ0) is 38.8. The van der Waals surface area contributed by atoms with Crippen molar-refractivity contribution in [3.05, 3.63) is 58.1 Å². The van der Waals surface area contributed by atoms with Crippen LogP contribution < -0.4 is 14.4 Å². The van der Waals surface area contributed by atoms with E-state index in [0.717, 1.165) is 81.6 Å². The molecule has 1 amide bonds. The Hall–Kier alpha value is -2.74. The largest absolute Gasteiger partial charge is 0.490 e. The third-order valence-corrected chi connectivity index (χ3v) is 15.4. The molecule has 0 aromatic heterocycles. The number of ether oxygens (including phenoxy) is 1. The van der Waals surface area contributed by atoms with E-state index in [2.05, 4.69) is 45.6 Å². The van der Waals surface area contributed by atoms with Crippen LogP contribution in [0.25, 0.3) is 0 Å². The van der Waals surface area contributed by atoms with Crippen LogP contribution in [0.5, 0.6) is 5.75 Å². The second-order valence-electron chi connectivity index (χ2n) is 16.8. The predicted octanol–water partition coefficient (Wildman–Crippen LogP) is 4.51. The van der Waals surface area contributed by atoms with Gasteiger partial charge in [0.1, 0.15) is 12.0 Å². The lowest BCUT2D eigenvalue weighted by molar-refractivity contribution is -0.115. The molecular formula is C41H59ClN4O7S. The molecule has 298 valence electrons. The van der Waals surface area contributed by atoms with E-state index in [-0.39, 0.29) is 36.5 Å². The third kappa shape index (κ3) is 8.64. The van der Waals surface area contributed by atoms with Crippen LogP contribution in [0.4, 0.5) is 5.69 Å². The number of nitrogens with zero attached hydrogens (tertiary/aromatic N) is 3. The SMILES string of the molecule is CN(C)C1CN(C(CO)CO)C1.C[C@@H]1[C@@H](C)CCCC(C=O)[C@@H]2CC[C@H]2CN2C[C@@]3(CCCc4cc(Cl)ccc43)COc3ccc(cc32)C(=O)NS1(=O)=O. The lowest BCUT2D eigenvalue weighted by Crippen LogP contribution is -2.62. The third-order valence-electron chi connectivity index (χ3n) is 13.2. The van der Waals surface area contributed by atoms with E-state index in [1.54, 1.807) is 25.1 Å². The molecule has 2 fully saturated rings. The van der Waals surface area contributed by atoms with Gasteiger partial charge >= 0.3 is 0 Å². The van der Waals surface area contributed by atoms with Gasteiger partial charge < -0.3 is 29.5 Å². The fourth-order valence-corrected chi connectivity index (χ4v) is 10.7. The number of hydrogen-bond donors (Lipinski definition) is 3. The average Bonchev–Trinajstić information content (AvgIpc) is 3.26. The molecule has 11 nitrogen and oxygen atoms in total. The van der Waals surface area contributed by atoms with Crippen molar-refractivity contribution in [2.75, 3.05) is 65.0 Å². The number of aryl methyl sites for hydroxylation is 1. The van der Waals surface area contributed by atoms with Gasteiger partial charge in [0.05, 0.1) is 36.8 Å². The molecule has 2 bridgehead atoms. The van der Waals surface area contributed by atoms with Crippen LogP contribution in [0.2, 0.25) is 5.02 Å². The Morgan fingerprint density at radius 2 is 1.80 bits per heavy atom. The number of anilines is 1. The summed E-state index contributed by atoms with van der Waals surface area (Å²) < 4.78 is 35.3. The van der Waals surface area contributed by atoms with Crippen molar-refractivity contribution >= 4 is 39.5 Å². The summed E-state index contributed by atoms with van der Waals surface area (Å²) in [5, 5.41) is 17.7. The van der Waals surface area contributed by atoms with Crippen LogP contribution in [0.3, 0.4) is 0 Å². The standard InChI is InChI=1S/C33H41ClN2O5S.C8H18N2O2/c1-21-5-3-6-26(18-37)28-11-8-25(28)17-36-19-33(14-4-7-23-15-27(34)10-12-29(23)33)20-41-31-13-9-24(16-30(31)36)32(38)35-42(39,40)22(21)2;1-9(2)7-3-10(4-7)8(5-11)6-12/h9-10,12-13,15-16,18,21-22,25-26,28H,3-8,11,14,17,19-20H2,1-2H3,(H,35,38);7-8,11-12H,3-6H2,1-2H3/t21-,22+,25-,26?,28+,33-;/m0./s1. The van der Waals surface area contributed by atoms with Gasteiger partial charge in [0.15, 0.2) is 0 Å². The molecule has 1 spiro atoms. The van der Waals surface area contributed by atoms with Crippen molar-refractivity contribution in [2.24, 2.45) is 23.7 Å². The molecule has 1 saturated heterocycles. The number of nitrogens with one attached hydrogen (secondary N) is 1. The molecule has 2 aliphatic carbocycles. The Balaban J connectivity index is 0.000000354. The number of aliphatic hydroxyl groups is 2. The predicted molar refractivity (Wildman–Crippen MR) is 212 cm³/mol. The second-order valence-corrected chi connectivity index (χ2v) is 19.2. The number of carbonyl (C=O) groups is 2. The highest BCUT2D eigenvalue weighted by Gasteiger charge is 2.45. The monoisotopic (exact) mass is 786 g/mol. The van der Waals surface area contributed by atoms with Gasteiger partial charge in [-0.3, -0.25) is 9.69 Å². The Kier molecular flexibility index (Phi) is 13.0. The average molecular weight is 787 g/mol. The summed E-state index contributed by atoms with van der Waals surface area (Å²) in [5.74, 6) is 0.559. The molecular weight excluding hydrogens is 728 g/mol. The number of aliphatic hydroxyl groups excluding tert-OH is 2. The number of amides is 1. The minimum atomic E-state index is -3.89. The number of sulfonamides is 1. The lowest BCUT2D eigenvalue weighted by Gasteiger charge is -2.46. The summed E-state index contributed by atoms with van der Waals surface area (Å²) in [4.78, 5) is 32.3. The number of rotatable bonds is 5. The van der Waals surface area contributed by atoms with Crippen molar-refractivity contribution in [2.45, 2.75) is 88.0 Å². The zero-order valence-corrected chi connectivity index (χ0v) is 33.8. The first kappa shape index (κ1) is 40.9. The molecule has 1 unspecified atom stereocenters. The Labute approximate surface area is 326 Å². The van der Waals surface area contributed by atoms with E-state index in [0.29, 0.717) is 48.8 Å². The molecule has 6 atom stereocenters. The molecule has 3 N–H and O–H groups in total. The van der Waals surface area contributed by atoms with E-state index in [1.807, 2.05) is 13.0 Å². The van der Waals surface area contributed by atoms with E-state index < -0.39 is 21.2 Å². The zero-order valence-electron chi connectivity index (χ0n) is 32.3.